The fourth-order valence-electron chi connectivity index (χ4n) is 0. The summed E-state index contributed by atoms with van der Waals surface area (Å²) in [4.78, 5) is 0. The van der Waals surface area contributed by atoms with Crippen LogP contribution in [0.4, 0.5) is 6.63 Å². The Labute approximate surface area is 32.9 Å². The Morgan fingerprint density at radius 1 is 1.25 bits per heavy atom. The van der Waals surface area contributed by atoms with Gasteiger partial charge < -0.3 is 0 Å². The molecule has 1 radical (unpaired) electrons. The summed E-state index contributed by atoms with van der Waals surface area (Å²) in [6.45, 7) is 0. The minimum absolute atomic E-state index is 0. The van der Waals surface area contributed by atoms with Crippen molar-refractivity contribution in [3.05, 3.63) is 7.43 Å². The molecule has 0 saturated heterocycles. The van der Waals surface area contributed by atoms with Crippen LogP contribution in [0.15, 0.2) is 0 Å². The molecule has 0 unspecified atom stereocenters. The van der Waals surface area contributed by atoms with E-state index in [-0.39, 0.29) is 7.43 Å². The van der Waals surface area contributed by atoms with Crippen molar-refractivity contribution >= 4 is 0 Å². The van der Waals surface area contributed by atoms with E-state index in [0.717, 1.165) is 0 Å². The van der Waals surface area contributed by atoms with Gasteiger partial charge in [0.2, 0.25) is 0 Å². The topological polar surface area (TPSA) is 0 Å². The van der Waals surface area contributed by atoms with E-state index in [9.17, 15) is 6.63 Å². The van der Waals surface area contributed by atoms with Gasteiger partial charge in [-0.1, -0.05) is 7.43 Å². The molecule has 0 fully saturated rings. The first-order chi connectivity index (χ1) is 1.41. The second kappa shape index (κ2) is 9.76. The summed E-state index contributed by atoms with van der Waals surface area (Å²) in [7, 11) is 0. The quantitative estimate of drug-likeness (QED) is 0.421. The average Bonchev–Trinajstić information content (AvgIpc) is 0.918. The van der Waals surface area contributed by atoms with Gasteiger partial charge in [-0.2, -0.15) is 0 Å². The normalized spacial score (nSPS) is 2.50. The molecule has 0 aliphatic heterocycles. The summed E-state index contributed by atoms with van der Waals surface area (Å²) in [5.41, 5.74) is 0. The van der Waals surface area contributed by atoms with Crippen molar-refractivity contribution < 1.29 is 24.8 Å². The third-order valence-electron chi connectivity index (χ3n) is 0. The molecule has 4 heavy (non-hydrogen) atoms. The van der Waals surface area contributed by atoms with Gasteiger partial charge in [0.25, 0.3) is 0 Å². The summed E-state index contributed by atoms with van der Waals surface area (Å²) in [6.07, 6.45) is 0. The standard InChI is InChI=1S/CH3.2FH.Zn/h1H3;2*1H;/q;;;+2/p-2. The predicted octanol–water partition coefficient (Wildman–Crippen LogP) is 1.29. The number of halogens is 2. The van der Waals surface area contributed by atoms with Gasteiger partial charge in [-0.05, 0) is 0 Å². The van der Waals surface area contributed by atoms with Crippen LogP contribution in [-0.2, 0) is 18.1 Å². The first-order valence-electron chi connectivity index (χ1n) is 0.535. The van der Waals surface area contributed by atoms with E-state index in [2.05, 4.69) is 0 Å². The molecule has 0 atom stereocenters. The van der Waals surface area contributed by atoms with E-state index in [1.54, 1.807) is 0 Å². The van der Waals surface area contributed by atoms with Crippen molar-refractivity contribution in [3.63, 3.8) is 0 Å². The van der Waals surface area contributed by atoms with Gasteiger partial charge in [0, 0.05) is 0 Å². The third-order valence-corrected chi connectivity index (χ3v) is 0. The monoisotopic (exact) mass is 117 g/mol. The summed E-state index contributed by atoms with van der Waals surface area (Å²) >= 11 is -2.88. The third kappa shape index (κ3) is 23.4. The molecule has 0 aliphatic carbocycles. The maximum atomic E-state index is 9.81. The minimum atomic E-state index is -2.88. The number of rotatable bonds is 0. The van der Waals surface area contributed by atoms with Gasteiger partial charge in [0.15, 0.2) is 0 Å². The summed E-state index contributed by atoms with van der Waals surface area (Å²) in [6, 6.07) is 0. The number of hydrogen-bond acceptors (Lipinski definition) is 0. The van der Waals surface area contributed by atoms with Gasteiger partial charge in [-0.15, -0.1) is 0 Å². The Bertz CT molecular complexity index is 6.00. The van der Waals surface area contributed by atoms with Gasteiger partial charge in [0.05, 0.1) is 0 Å². The molecule has 0 saturated carbocycles. The molecule has 0 heterocycles. The maximum absolute atomic E-state index is 9.81. The molecule has 23 valence electrons. The fourth-order valence-corrected chi connectivity index (χ4v) is 0. The Morgan fingerprint density at radius 2 is 1.25 bits per heavy atom. The Kier molecular flexibility index (Phi) is 21.5. The van der Waals surface area contributed by atoms with Crippen LogP contribution in [-0.4, -0.2) is 0 Å². The molecule has 3 heteroatoms. The summed E-state index contributed by atoms with van der Waals surface area (Å²) in [5.74, 6) is 0. The Balaban J connectivity index is 0. The first-order valence-corrected chi connectivity index (χ1v) is 2.78. The van der Waals surface area contributed by atoms with Gasteiger partial charge in [0.1, 0.15) is 0 Å². The molecular weight excluding hydrogens is 115 g/mol. The Hall–Kier alpha value is 0.483. The molecule has 0 spiro atoms. The van der Waals surface area contributed by atoms with Crippen LogP contribution in [0.1, 0.15) is 0 Å². The Morgan fingerprint density at radius 3 is 1.25 bits per heavy atom. The van der Waals surface area contributed by atoms with Crippen molar-refractivity contribution in [1.82, 2.24) is 0 Å². The van der Waals surface area contributed by atoms with Crippen molar-refractivity contribution in [2.75, 3.05) is 0 Å². The summed E-state index contributed by atoms with van der Waals surface area (Å²) in [5, 5.41) is 0. The molecule has 0 bridgehead atoms. The van der Waals surface area contributed by atoms with Crippen molar-refractivity contribution in [2.45, 2.75) is 0 Å². The zero-order valence-corrected chi connectivity index (χ0v) is 5.43. The van der Waals surface area contributed by atoms with Gasteiger partial charge in [-0.3, -0.25) is 0 Å². The van der Waals surface area contributed by atoms with Crippen LogP contribution in [0, 0.1) is 7.43 Å². The van der Waals surface area contributed by atoms with Gasteiger partial charge >= 0.3 is 24.8 Å². The summed E-state index contributed by atoms with van der Waals surface area (Å²) < 4.78 is 19.6. The van der Waals surface area contributed by atoms with Crippen LogP contribution in [0.25, 0.3) is 0 Å². The van der Waals surface area contributed by atoms with Crippen LogP contribution in [0.5, 0.6) is 0 Å². The molecule has 0 aromatic rings. The molecule has 0 aromatic carbocycles. The predicted molar refractivity (Wildman–Crippen MR) is 8.63 cm³/mol. The zero-order chi connectivity index (χ0) is 2.71. The number of hydrogen-bond donors (Lipinski definition) is 0. The van der Waals surface area contributed by atoms with E-state index in [4.69, 9.17) is 0 Å². The van der Waals surface area contributed by atoms with Crippen molar-refractivity contribution in [2.24, 2.45) is 0 Å². The molecule has 0 amide bonds. The van der Waals surface area contributed by atoms with E-state index in [1.807, 2.05) is 0 Å². The van der Waals surface area contributed by atoms with E-state index in [0.29, 0.717) is 0 Å². The molecular formula is CH3F2Zn. The molecule has 0 aromatic heterocycles. The molecule has 0 aliphatic rings. The fraction of sp³-hybridized carbons (Fsp3) is 0. The van der Waals surface area contributed by atoms with E-state index in [1.165, 1.54) is 0 Å². The van der Waals surface area contributed by atoms with Crippen LogP contribution < -0.4 is 0 Å². The van der Waals surface area contributed by atoms with Crippen LogP contribution in [0.3, 0.4) is 0 Å². The second-order valence-corrected chi connectivity index (χ2v) is 0.525. The molecule has 0 rings (SSSR count). The van der Waals surface area contributed by atoms with Crippen molar-refractivity contribution in [1.29, 1.82) is 0 Å². The second-order valence-electron chi connectivity index (χ2n) is 0.101. The van der Waals surface area contributed by atoms with E-state index >= 15 is 0 Å². The van der Waals surface area contributed by atoms with Crippen LogP contribution >= 0.6 is 0 Å². The zero-order valence-electron chi connectivity index (χ0n) is 2.46. The van der Waals surface area contributed by atoms with E-state index < -0.39 is 18.1 Å². The van der Waals surface area contributed by atoms with Gasteiger partial charge in [-0.25, -0.2) is 0 Å². The molecule has 0 nitrogen and oxygen atoms in total. The SMILES string of the molecule is [CH3].[F][Zn][F]. The first kappa shape index (κ1) is 8.82. The molecule has 0 N–H and O–H groups in total. The van der Waals surface area contributed by atoms with Crippen molar-refractivity contribution in [3.8, 4) is 0 Å². The van der Waals surface area contributed by atoms with Crippen LogP contribution in [0.2, 0.25) is 0 Å². The average molecular weight is 118 g/mol.